The number of carboxylic acid groups (broad SMARTS) is 1. The number of carbonyl (C=O) groups is 1. The molecule has 0 bridgehead atoms. The number of nitrogens with one attached hydrogen (secondary N) is 1. The van der Waals surface area contributed by atoms with E-state index in [-0.39, 0.29) is 0 Å². The van der Waals surface area contributed by atoms with Crippen LogP contribution in [0.3, 0.4) is 0 Å². The molecular formula is C11H10N3O2S2+. The largest absolute Gasteiger partial charge is 0.480 e. The van der Waals surface area contributed by atoms with E-state index in [2.05, 4.69) is 17.0 Å². The molecule has 1 atom stereocenters. The summed E-state index contributed by atoms with van der Waals surface area (Å²) in [6.07, 6.45) is 1.74. The number of nitrogens with zero attached hydrogens (tertiary/aromatic N) is 2. The lowest BCUT2D eigenvalue weighted by molar-refractivity contribution is -0.477. The van der Waals surface area contributed by atoms with E-state index in [1.165, 1.54) is 23.1 Å². The van der Waals surface area contributed by atoms with Gasteiger partial charge in [0.15, 0.2) is 9.86 Å². The van der Waals surface area contributed by atoms with Crippen LogP contribution in [0.15, 0.2) is 18.3 Å². The second-order valence-corrected chi connectivity index (χ2v) is 5.85. The molecule has 3 rings (SSSR count). The molecule has 2 aromatic heterocycles. The Balaban J connectivity index is 2.18. The summed E-state index contributed by atoms with van der Waals surface area (Å²) in [4.78, 5) is 16.1. The van der Waals surface area contributed by atoms with Gasteiger partial charge in [0.1, 0.15) is 12.8 Å². The van der Waals surface area contributed by atoms with Gasteiger partial charge >= 0.3 is 5.97 Å². The number of thioether (sulfide) groups is 1. The highest BCUT2D eigenvalue weighted by atomic mass is 32.2. The highest BCUT2D eigenvalue weighted by molar-refractivity contribution is 8.08. The number of carboxylic acids is 1. The van der Waals surface area contributed by atoms with Crippen molar-refractivity contribution in [3.05, 3.63) is 29.7 Å². The molecule has 5 nitrogen and oxygen atoms in total. The van der Waals surface area contributed by atoms with Crippen LogP contribution in [-0.2, 0) is 4.79 Å². The smallest absolute Gasteiger partial charge is 0.327 e. The van der Waals surface area contributed by atoms with Crippen LogP contribution in [0.25, 0.3) is 15.4 Å². The van der Waals surface area contributed by atoms with Crippen LogP contribution in [0.5, 0.6) is 0 Å². The summed E-state index contributed by atoms with van der Waals surface area (Å²) in [5.74, 6) is -0.292. The molecule has 1 aliphatic rings. The summed E-state index contributed by atoms with van der Waals surface area (Å²) in [7, 11) is 0. The molecule has 92 valence electrons. The number of fused-ring (bicyclic) bond motifs is 1. The van der Waals surface area contributed by atoms with E-state index in [0.717, 1.165) is 20.0 Å². The lowest BCUT2D eigenvalue weighted by Gasteiger charge is -2.00. The molecule has 2 aromatic rings. The first-order chi connectivity index (χ1) is 8.66. The van der Waals surface area contributed by atoms with Crippen LogP contribution in [0.4, 0.5) is 0 Å². The van der Waals surface area contributed by atoms with E-state index < -0.39 is 12.0 Å². The SMILES string of the molecule is C=[n+]1/c(=C2\NC(C(=O)O)CS2)sc2ncccc21. The fourth-order valence-electron chi connectivity index (χ4n) is 1.76. The number of aliphatic carboxylic acids is 1. The van der Waals surface area contributed by atoms with E-state index in [1.54, 1.807) is 10.4 Å². The Kier molecular flexibility index (Phi) is 2.71. The molecule has 1 fully saturated rings. The van der Waals surface area contributed by atoms with E-state index in [9.17, 15) is 4.79 Å². The van der Waals surface area contributed by atoms with Crippen molar-refractivity contribution < 1.29 is 14.1 Å². The topological polar surface area (TPSA) is 68.1 Å². The van der Waals surface area contributed by atoms with Crippen LogP contribution < -0.4 is 14.2 Å². The number of aromatic nitrogens is 2. The first-order valence-corrected chi connectivity index (χ1v) is 7.07. The minimum atomic E-state index is -0.827. The van der Waals surface area contributed by atoms with E-state index in [1.807, 2.05) is 12.1 Å². The minimum Gasteiger partial charge on any atom is -0.480 e. The molecular weight excluding hydrogens is 270 g/mol. The summed E-state index contributed by atoms with van der Waals surface area (Å²) in [5, 5.41) is 12.8. The van der Waals surface area contributed by atoms with Crippen molar-refractivity contribution in [1.82, 2.24) is 10.3 Å². The van der Waals surface area contributed by atoms with Gasteiger partial charge in [-0.15, -0.1) is 0 Å². The number of hydrogen-bond donors (Lipinski definition) is 2. The van der Waals surface area contributed by atoms with Gasteiger partial charge in [-0.2, -0.15) is 4.24 Å². The summed E-state index contributed by atoms with van der Waals surface area (Å²) >= 11 is 3.02. The Morgan fingerprint density at radius 2 is 2.50 bits per heavy atom. The maximum absolute atomic E-state index is 10.9. The second kappa shape index (κ2) is 4.25. The molecule has 1 aliphatic heterocycles. The lowest BCUT2D eigenvalue weighted by atomic mass is 10.3. The average Bonchev–Trinajstić information content (AvgIpc) is 2.95. The van der Waals surface area contributed by atoms with Crippen molar-refractivity contribution in [3.63, 3.8) is 0 Å². The number of thiazole rings is 1. The molecule has 7 heteroatoms. The van der Waals surface area contributed by atoms with Crippen molar-refractivity contribution in [2.45, 2.75) is 6.04 Å². The third kappa shape index (κ3) is 1.75. The molecule has 2 N–H and O–H groups in total. The van der Waals surface area contributed by atoms with Crippen molar-refractivity contribution in [2.24, 2.45) is 0 Å². The molecule has 0 saturated carbocycles. The average molecular weight is 280 g/mol. The van der Waals surface area contributed by atoms with Crippen LogP contribution in [0, 0.1) is 6.72 Å². The Hall–Kier alpha value is -1.60. The lowest BCUT2D eigenvalue weighted by Crippen LogP contribution is -2.37. The van der Waals surface area contributed by atoms with Gasteiger partial charge in [0.25, 0.3) is 4.66 Å². The second-order valence-electron chi connectivity index (χ2n) is 3.84. The summed E-state index contributed by atoms with van der Waals surface area (Å²) in [6.45, 7) is 3.99. The van der Waals surface area contributed by atoms with E-state index in [0.29, 0.717) is 5.75 Å². The van der Waals surface area contributed by atoms with Crippen molar-refractivity contribution >= 4 is 44.4 Å². The predicted octanol–water partition coefficient (Wildman–Crippen LogP) is 0.0788. The van der Waals surface area contributed by atoms with Crippen LogP contribution >= 0.6 is 23.1 Å². The molecule has 18 heavy (non-hydrogen) atoms. The quantitative estimate of drug-likeness (QED) is 0.724. The van der Waals surface area contributed by atoms with Gasteiger partial charge in [-0.05, 0) is 17.4 Å². The normalized spacial score (nSPS) is 22.1. The van der Waals surface area contributed by atoms with Gasteiger partial charge in [0.2, 0.25) is 5.52 Å². The third-order valence-corrected chi connectivity index (χ3v) is 5.03. The Labute approximate surface area is 111 Å². The van der Waals surface area contributed by atoms with Gasteiger partial charge in [0, 0.05) is 18.0 Å². The molecule has 1 unspecified atom stereocenters. The Bertz CT molecular complexity index is 740. The molecule has 0 aromatic carbocycles. The standard InChI is InChI=1S/C11H9N3O2S2/c1-14-7-3-2-4-12-8(7)18-10(14)9-13-6(5-17-9)11(15)16/h2-4,6,13H,1,5H2/p+1/b10-9-. The molecule has 0 amide bonds. The summed E-state index contributed by atoms with van der Waals surface area (Å²) < 4.78 is 2.71. The fraction of sp³-hybridized carbons (Fsp3) is 0.182. The zero-order chi connectivity index (χ0) is 12.7. The van der Waals surface area contributed by atoms with Crippen LogP contribution in [-0.4, -0.2) is 27.9 Å². The third-order valence-electron chi connectivity index (χ3n) is 2.67. The van der Waals surface area contributed by atoms with Gasteiger partial charge < -0.3 is 10.4 Å². The van der Waals surface area contributed by atoms with Crippen LogP contribution in [0.1, 0.15) is 0 Å². The van der Waals surface area contributed by atoms with E-state index in [4.69, 9.17) is 5.11 Å². The summed E-state index contributed by atoms with van der Waals surface area (Å²) in [6, 6.07) is 3.29. The fourth-order valence-corrected chi connectivity index (χ4v) is 4.02. The van der Waals surface area contributed by atoms with Gasteiger partial charge in [0.05, 0.1) is 0 Å². The number of rotatable bonds is 1. The zero-order valence-electron chi connectivity index (χ0n) is 9.29. The Morgan fingerprint density at radius 3 is 3.17 bits per heavy atom. The maximum atomic E-state index is 10.9. The van der Waals surface area contributed by atoms with E-state index >= 15 is 0 Å². The monoisotopic (exact) mass is 280 g/mol. The summed E-state index contributed by atoms with van der Waals surface area (Å²) in [5.41, 5.74) is 0.950. The van der Waals surface area contributed by atoms with Gasteiger partial charge in [-0.3, -0.25) is 0 Å². The molecule has 0 aliphatic carbocycles. The highest BCUT2D eigenvalue weighted by Gasteiger charge is 2.28. The number of pyridine rings is 1. The van der Waals surface area contributed by atoms with Gasteiger partial charge in [-0.25, -0.2) is 9.78 Å². The highest BCUT2D eigenvalue weighted by Crippen LogP contribution is 2.23. The molecule has 0 spiro atoms. The van der Waals surface area contributed by atoms with Crippen LogP contribution in [0.2, 0.25) is 0 Å². The molecule has 0 radical (unpaired) electrons. The maximum Gasteiger partial charge on any atom is 0.327 e. The zero-order valence-corrected chi connectivity index (χ0v) is 10.9. The Morgan fingerprint density at radius 1 is 1.67 bits per heavy atom. The van der Waals surface area contributed by atoms with Crippen molar-refractivity contribution in [3.8, 4) is 0 Å². The van der Waals surface area contributed by atoms with Gasteiger partial charge in [-0.1, -0.05) is 11.8 Å². The van der Waals surface area contributed by atoms with Crippen molar-refractivity contribution in [1.29, 1.82) is 0 Å². The van der Waals surface area contributed by atoms with Crippen molar-refractivity contribution in [2.75, 3.05) is 5.75 Å². The molecule has 3 heterocycles. The minimum absolute atomic E-state index is 0.525. The number of hydrogen-bond acceptors (Lipinski definition) is 5. The first-order valence-electron chi connectivity index (χ1n) is 5.26. The predicted molar refractivity (Wildman–Crippen MR) is 70.6 cm³/mol. The molecule has 1 saturated heterocycles. The first kappa shape index (κ1) is 11.5.